The molecular weight excluding hydrogens is 366 g/mol. The highest BCUT2D eigenvalue weighted by molar-refractivity contribution is 6.02. The Balaban J connectivity index is 1.54. The Labute approximate surface area is 160 Å². The second kappa shape index (κ2) is 8.90. The number of hydrogen-bond acceptors (Lipinski definition) is 5. The second-order valence-electron chi connectivity index (χ2n) is 5.89. The van der Waals surface area contributed by atoms with Crippen LogP contribution in [0.4, 0.5) is 20.3 Å². The van der Waals surface area contributed by atoms with Crippen LogP contribution >= 0.6 is 0 Å². The summed E-state index contributed by atoms with van der Waals surface area (Å²) in [6, 6.07) is 10.6. The van der Waals surface area contributed by atoms with Crippen molar-refractivity contribution in [1.82, 2.24) is 9.97 Å². The fraction of sp³-hybridized carbons (Fsp3) is 0.150. The van der Waals surface area contributed by atoms with E-state index >= 15 is 0 Å². The van der Waals surface area contributed by atoms with Crippen LogP contribution in [-0.2, 0) is 6.42 Å². The minimum Gasteiger partial charge on any atom is -0.497 e. The van der Waals surface area contributed by atoms with Crippen molar-refractivity contribution in [2.45, 2.75) is 6.42 Å². The van der Waals surface area contributed by atoms with Crippen LogP contribution in [0.15, 0.2) is 54.9 Å². The number of methoxy groups -OCH3 is 1. The molecule has 1 heterocycles. The molecule has 0 saturated heterocycles. The molecule has 144 valence electrons. The minimum absolute atomic E-state index is 0.0158. The largest absolute Gasteiger partial charge is 0.497 e. The SMILES string of the molecule is COc1cccc(CCNc2cnc(C(=O)Nc3ccc(F)cc3F)cn2)c1. The van der Waals surface area contributed by atoms with E-state index in [4.69, 9.17) is 4.74 Å². The average molecular weight is 384 g/mol. The lowest BCUT2D eigenvalue weighted by Crippen LogP contribution is -2.15. The molecule has 0 bridgehead atoms. The number of anilines is 2. The number of ether oxygens (including phenoxy) is 1. The van der Waals surface area contributed by atoms with Gasteiger partial charge in [-0.05, 0) is 36.2 Å². The summed E-state index contributed by atoms with van der Waals surface area (Å²) in [5, 5.41) is 5.45. The van der Waals surface area contributed by atoms with Gasteiger partial charge < -0.3 is 15.4 Å². The number of amides is 1. The first-order valence-electron chi connectivity index (χ1n) is 8.50. The number of nitrogens with one attached hydrogen (secondary N) is 2. The molecule has 1 aromatic heterocycles. The lowest BCUT2D eigenvalue weighted by molar-refractivity contribution is 0.102. The monoisotopic (exact) mass is 384 g/mol. The summed E-state index contributed by atoms with van der Waals surface area (Å²) < 4.78 is 31.7. The highest BCUT2D eigenvalue weighted by Crippen LogP contribution is 2.16. The molecular formula is C20H18F2N4O2. The van der Waals surface area contributed by atoms with Gasteiger partial charge in [0.25, 0.3) is 5.91 Å². The number of benzene rings is 2. The molecule has 0 atom stereocenters. The Kier molecular flexibility index (Phi) is 6.11. The highest BCUT2D eigenvalue weighted by Gasteiger charge is 2.12. The molecule has 28 heavy (non-hydrogen) atoms. The van der Waals surface area contributed by atoms with Gasteiger partial charge in [-0.2, -0.15) is 0 Å². The quantitative estimate of drug-likeness (QED) is 0.650. The fourth-order valence-corrected chi connectivity index (χ4v) is 2.48. The van der Waals surface area contributed by atoms with E-state index in [1.165, 1.54) is 12.4 Å². The van der Waals surface area contributed by atoms with Crippen molar-refractivity contribution in [2.24, 2.45) is 0 Å². The number of rotatable bonds is 7. The van der Waals surface area contributed by atoms with E-state index in [1.807, 2.05) is 24.3 Å². The van der Waals surface area contributed by atoms with Crippen LogP contribution in [0.3, 0.4) is 0 Å². The normalized spacial score (nSPS) is 10.4. The standard InChI is InChI=1S/C20H18F2N4O2/c1-28-15-4-2-3-13(9-15)7-8-23-19-12-24-18(11-25-19)20(27)26-17-6-5-14(21)10-16(17)22/h2-6,9-12H,7-8H2,1H3,(H,23,25)(H,26,27). The summed E-state index contributed by atoms with van der Waals surface area (Å²) in [5.74, 6) is -0.921. The molecule has 6 nitrogen and oxygen atoms in total. The smallest absolute Gasteiger partial charge is 0.275 e. The number of nitrogens with zero attached hydrogens (tertiary/aromatic N) is 2. The van der Waals surface area contributed by atoms with Gasteiger partial charge in [0, 0.05) is 12.6 Å². The van der Waals surface area contributed by atoms with Gasteiger partial charge >= 0.3 is 0 Å². The van der Waals surface area contributed by atoms with E-state index < -0.39 is 17.5 Å². The van der Waals surface area contributed by atoms with Crippen molar-refractivity contribution >= 4 is 17.4 Å². The maximum Gasteiger partial charge on any atom is 0.275 e. The molecule has 0 spiro atoms. The Morgan fingerprint density at radius 1 is 1.11 bits per heavy atom. The molecule has 0 aliphatic heterocycles. The summed E-state index contributed by atoms with van der Waals surface area (Å²) in [7, 11) is 1.62. The molecule has 3 aromatic rings. The second-order valence-corrected chi connectivity index (χ2v) is 5.89. The molecule has 8 heteroatoms. The summed E-state index contributed by atoms with van der Waals surface area (Å²) in [6.45, 7) is 0.619. The van der Waals surface area contributed by atoms with Crippen LogP contribution in [0.25, 0.3) is 0 Å². The maximum atomic E-state index is 13.6. The molecule has 0 saturated carbocycles. The van der Waals surface area contributed by atoms with Gasteiger partial charge in [-0.25, -0.2) is 18.7 Å². The van der Waals surface area contributed by atoms with Gasteiger partial charge in [0.1, 0.15) is 28.9 Å². The first-order valence-corrected chi connectivity index (χ1v) is 8.50. The molecule has 0 radical (unpaired) electrons. The number of aromatic nitrogens is 2. The van der Waals surface area contributed by atoms with Crippen molar-refractivity contribution < 1.29 is 18.3 Å². The highest BCUT2D eigenvalue weighted by atomic mass is 19.1. The third kappa shape index (κ3) is 5.00. The molecule has 0 unspecified atom stereocenters. The van der Waals surface area contributed by atoms with Crippen LogP contribution in [0.2, 0.25) is 0 Å². The third-order valence-corrected chi connectivity index (χ3v) is 3.92. The van der Waals surface area contributed by atoms with Crippen LogP contribution in [0, 0.1) is 11.6 Å². The Hall–Kier alpha value is -3.55. The number of halogens is 2. The van der Waals surface area contributed by atoms with Crippen LogP contribution < -0.4 is 15.4 Å². The summed E-state index contributed by atoms with van der Waals surface area (Å²) in [4.78, 5) is 20.3. The van der Waals surface area contributed by atoms with E-state index in [0.29, 0.717) is 18.4 Å². The number of hydrogen-bond donors (Lipinski definition) is 2. The molecule has 2 N–H and O–H groups in total. The predicted molar refractivity (Wildman–Crippen MR) is 102 cm³/mol. The summed E-state index contributed by atoms with van der Waals surface area (Å²) >= 11 is 0. The molecule has 2 aromatic carbocycles. The summed E-state index contributed by atoms with van der Waals surface area (Å²) in [5.41, 5.74) is 0.993. The minimum atomic E-state index is -0.864. The molecule has 3 rings (SSSR count). The lowest BCUT2D eigenvalue weighted by atomic mass is 10.1. The molecule has 0 aliphatic carbocycles. The van der Waals surface area contributed by atoms with Gasteiger partial charge in [0.15, 0.2) is 0 Å². The van der Waals surface area contributed by atoms with Crippen LogP contribution in [0.5, 0.6) is 5.75 Å². The van der Waals surface area contributed by atoms with Gasteiger partial charge in [-0.1, -0.05) is 12.1 Å². The van der Waals surface area contributed by atoms with Crippen molar-refractivity contribution in [3.05, 3.63) is 77.8 Å². The van der Waals surface area contributed by atoms with E-state index in [9.17, 15) is 13.6 Å². The van der Waals surface area contributed by atoms with Crippen molar-refractivity contribution in [2.75, 3.05) is 24.3 Å². The Morgan fingerprint density at radius 3 is 2.68 bits per heavy atom. The predicted octanol–water partition coefficient (Wildman–Crippen LogP) is 3.67. The van der Waals surface area contributed by atoms with Gasteiger partial charge in [-0.3, -0.25) is 4.79 Å². The van der Waals surface area contributed by atoms with Crippen molar-refractivity contribution in [3.63, 3.8) is 0 Å². The molecule has 0 fully saturated rings. The van der Waals surface area contributed by atoms with Crippen molar-refractivity contribution in [1.29, 1.82) is 0 Å². The number of carbonyl (C=O) groups is 1. The molecule has 0 aliphatic rings. The lowest BCUT2D eigenvalue weighted by Gasteiger charge is -2.08. The Bertz CT molecular complexity index is 965. The van der Waals surface area contributed by atoms with Crippen LogP contribution in [0.1, 0.15) is 16.1 Å². The van der Waals surface area contributed by atoms with Gasteiger partial charge in [0.05, 0.1) is 25.2 Å². The van der Waals surface area contributed by atoms with Crippen molar-refractivity contribution in [3.8, 4) is 5.75 Å². The van der Waals surface area contributed by atoms with Gasteiger partial charge in [0.2, 0.25) is 0 Å². The van der Waals surface area contributed by atoms with E-state index in [-0.39, 0.29) is 11.4 Å². The topological polar surface area (TPSA) is 76.1 Å². The van der Waals surface area contributed by atoms with E-state index in [0.717, 1.165) is 29.9 Å². The summed E-state index contributed by atoms with van der Waals surface area (Å²) in [6.07, 6.45) is 3.46. The van der Waals surface area contributed by atoms with E-state index in [1.54, 1.807) is 7.11 Å². The first-order chi connectivity index (χ1) is 13.5. The van der Waals surface area contributed by atoms with Gasteiger partial charge in [-0.15, -0.1) is 0 Å². The van der Waals surface area contributed by atoms with E-state index in [2.05, 4.69) is 20.6 Å². The zero-order chi connectivity index (χ0) is 19.9. The molecule has 1 amide bonds. The Morgan fingerprint density at radius 2 is 1.96 bits per heavy atom. The average Bonchev–Trinajstić information content (AvgIpc) is 2.71. The van der Waals surface area contributed by atoms with Crippen LogP contribution in [-0.4, -0.2) is 29.5 Å². The maximum absolute atomic E-state index is 13.6. The fourth-order valence-electron chi connectivity index (χ4n) is 2.48. The third-order valence-electron chi connectivity index (χ3n) is 3.92. The number of carbonyl (C=O) groups excluding carboxylic acids is 1. The zero-order valence-corrected chi connectivity index (χ0v) is 15.1. The first kappa shape index (κ1) is 19.2. The zero-order valence-electron chi connectivity index (χ0n) is 15.1.